The summed E-state index contributed by atoms with van der Waals surface area (Å²) in [5.74, 6) is 0.141. The molecule has 1 aromatic carbocycles. The van der Waals surface area contributed by atoms with E-state index in [1.807, 2.05) is 38.1 Å². The molecule has 0 radical (unpaired) electrons. The SMILES string of the molecule is Cc1cc(C)c(NC(=O)c2cnc(NCc3ccncc3)nc2)c(Cl)c1. The lowest BCUT2D eigenvalue weighted by Gasteiger charge is -2.11. The Bertz CT molecular complexity index is 890. The van der Waals surface area contributed by atoms with Crippen molar-refractivity contribution in [3.63, 3.8) is 0 Å². The second-order valence-corrected chi connectivity index (χ2v) is 6.30. The molecule has 0 atom stereocenters. The summed E-state index contributed by atoms with van der Waals surface area (Å²) < 4.78 is 0. The van der Waals surface area contributed by atoms with Gasteiger partial charge in [0.05, 0.1) is 16.3 Å². The van der Waals surface area contributed by atoms with E-state index in [1.165, 1.54) is 12.4 Å². The maximum Gasteiger partial charge on any atom is 0.258 e. The summed E-state index contributed by atoms with van der Waals surface area (Å²) in [4.78, 5) is 24.8. The molecule has 0 bridgehead atoms. The quantitative estimate of drug-likeness (QED) is 0.712. The lowest BCUT2D eigenvalue weighted by molar-refractivity contribution is 0.102. The molecule has 2 heterocycles. The molecule has 6 nitrogen and oxygen atoms in total. The van der Waals surface area contributed by atoms with Crippen LogP contribution >= 0.6 is 11.6 Å². The molecule has 3 rings (SSSR count). The van der Waals surface area contributed by atoms with Crippen LogP contribution in [0.15, 0.2) is 49.1 Å². The van der Waals surface area contributed by atoms with Crippen LogP contribution in [0.3, 0.4) is 0 Å². The standard InChI is InChI=1S/C19H18ClN5O/c1-12-7-13(2)17(16(20)8-12)25-18(26)15-10-23-19(24-11-15)22-9-14-3-5-21-6-4-14/h3-8,10-11H,9H2,1-2H3,(H,25,26)(H,22,23,24). The van der Waals surface area contributed by atoms with Crippen molar-refractivity contribution in [1.29, 1.82) is 0 Å². The number of nitrogens with zero attached hydrogens (tertiary/aromatic N) is 3. The zero-order valence-corrected chi connectivity index (χ0v) is 15.2. The molecular weight excluding hydrogens is 350 g/mol. The Hall–Kier alpha value is -2.99. The van der Waals surface area contributed by atoms with Crippen LogP contribution in [0.5, 0.6) is 0 Å². The van der Waals surface area contributed by atoms with E-state index in [1.54, 1.807) is 12.4 Å². The molecule has 0 saturated heterocycles. The van der Waals surface area contributed by atoms with Crippen LogP contribution in [-0.2, 0) is 6.54 Å². The fourth-order valence-electron chi connectivity index (χ4n) is 2.48. The van der Waals surface area contributed by atoms with Crippen molar-refractivity contribution in [2.45, 2.75) is 20.4 Å². The molecule has 0 unspecified atom stereocenters. The first-order valence-electron chi connectivity index (χ1n) is 8.06. The highest BCUT2D eigenvalue weighted by atomic mass is 35.5. The lowest BCUT2D eigenvalue weighted by atomic mass is 10.1. The Labute approximate surface area is 156 Å². The summed E-state index contributed by atoms with van der Waals surface area (Å²) in [6.45, 7) is 4.43. The zero-order valence-electron chi connectivity index (χ0n) is 14.5. The topological polar surface area (TPSA) is 79.8 Å². The number of anilines is 2. The number of carbonyl (C=O) groups excluding carboxylic acids is 1. The number of rotatable bonds is 5. The second-order valence-electron chi connectivity index (χ2n) is 5.90. The number of aromatic nitrogens is 3. The van der Waals surface area contributed by atoms with Gasteiger partial charge in [-0.05, 0) is 48.7 Å². The average Bonchev–Trinajstić information content (AvgIpc) is 2.64. The number of pyridine rings is 1. The zero-order chi connectivity index (χ0) is 18.5. The van der Waals surface area contributed by atoms with Gasteiger partial charge in [-0.2, -0.15) is 0 Å². The van der Waals surface area contributed by atoms with Crippen molar-refractivity contribution < 1.29 is 4.79 Å². The van der Waals surface area contributed by atoms with Gasteiger partial charge in [-0.3, -0.25) is 9.78 Å². The maximum absolute atomic E-state index is 12.4. The number of amides is 1. The van der Waals surface area contributed by atoms with E-state index in [4.69, 9.17) is 11.6 Å². The lowest BCUT2D eigenvalue weighted by Crippen LogP contribution is -2.14. The summed E-state index contributed by atoms with van der Waals surface area (Å²) in [5.41, 5.74) is 3.96. The maximum atomic E-state index is 12.4. The number of benzene rings is 1. The number of aryl methyl sites for hydroxylation is 2. The number of nitrogens with one attached hydrogen (secondary N) is 2. The van der Waals surface area contributed by atoms with Gasteiger partial charge >= 0.3 is 0 Å². The van der Waals surface area contributed by atoms with E-state index in [-0.39, 0.29) is 5.91 Å². The molecule has 0 aliphatic rings. The third-order valence-corrected chi connectivity index (χ3v) is 4.08. The number of hydrogen-bond donors (Lipinski definition) is 2. The van der Waals surface area contributed by atoms with Crippen molar-refractivity contribution >= 4 is 29.1 Å². The molecular formula is C19H18ClN5O. The molecule has 0 saturated carbocycles. The molecule has 3 aromatic rings. The Balaban J connectivity index is 1.66. The summed E-state index contributed by atoms with van der Waals surface area (Å²) in [7, 11) is 0. The number of halogens is 1. The predicted molar refractivity (Wildman–Crippen MR) is 102 cm³/mol. The Morgan fingerprint density at radius 3 is 2.46 bits per heavy atom. The smallest absolute Gasteiger partial charge is 0.258 e. The number of hydrogen-bond acceptors (Lipinski definition) is 5. The van der Waals surface area contributed by atoms with Crippen LogP contribution in [0.25, 0.3) is 0 Å². The Kier molecular flexibility index (Phi) is 5.43. The van der Waals surface area contributed by atoms with Crippen molar-refractivity contribution in [3.05, 3.63) is 76.3 Å². The van der Waals surface area contributed by atoms with Crippen LogP contribution in [0.4, 0.5) is 11.6 Å². The molecule has 2 aromatic heterocycles. The minimum absolute atomic E-state index is 0.306. The van der Waals surface area contributed by atoms with Gasteiger partial charge < -0.3 is 10.6 Å². The van der Waals surface area contributed by atoms with Crippen molar-refractivity contribution in [2.75, 3.05) is 10.6 Å². The number of carbonyl (C=O) groups is 1. The third kappa shape index (κ3) is 4.34. The van der Waals surface area contributed by atoms with Gasteiger partial charge in [-0.25, -0.2) is 9.97 Å². The largest absolute Gasteiger partial charge is 0.350 e. The van der Waals surface area contributed by atoms with Gasteiger partial charge in [0, 0.05) is 31.3 Å². The molecule has 0 fully saturated rings. The second kappa shape index (κ2) is 7.93. The van der Waals surface area contributed by atoms with E-state index in [9.17, 15) is 4.79 Å². The minimum atomic E-state index is -0.306. The van der Waals surface area contributed by atoms with Gasteiger partial charge in [0.1, 0.15) is 0 Å². The van der Waals surface area contributed by atoms with Gasteiger partial charge in [-0.15, -0.1) is 0 Å². The molecule has 132 valence electrons. The molecule has 0 spiro atoms. The Morgan fingerprint density at radius 2 is 1.81 bits per heavy atom. The summed E-state index contributed by atoms with van der Waals surface area (Å²) in [6, 6.07) is 7.59. The highest BCUT2D eigenvalue weighted by Crippen LogP contribution is 2.27. The normalized spacial score (nSPS) is 10.4. The van der Waals surface area contributed by atoms with Crippen LogP contribution in [0.2, 0.25) is 5.02 Å². The van der Waals surface area contributed by atoms with E-state index in [0.29, 0.717) is 28.8 Å². The fraction of sp³-hybridized carbons (Fsp3) is 0.158. The molecule has 2 N–H and O–H groups in total. The molecule has 0 aliphatic carbocycles. The summed E-state index contributed by atoms with van der Waals surface area (Å²) in [6.07, 6.45) is 6.41. The monoisotopic (exact) mass is 367 g/mol. The minimum Gasteiger partial charge on any atom is -0.350 e. The third-order valence-electron chi connectivity index (χ3n) is 3.78. The summed E-state index contributed by atoms with van der Waals surface area (Å²) >= 11 is 6.23. The molecule has 1 amide bonds. The molecule has 26 heavy (non-hydrogen) atoms. The van der Waals surface area contributed by atoms with Crippen molar-refractivity contribution in [3.8, 4) is 0 Å². The first-order valence-corrected chi connectivity index (χ1v) is 8.43. The average molecular weight is 368 g/mol. The van der Waals surface area contributed by atoms with E-state index < -0.39 is 0 Å². The molecule has 0 aliphatic heterocycles. The van der Waals surface area contributed by atoms with E-state index in [0.717, 1.165) is 16.7 Å². The van der Waals surface area contributed by atoms with Gasteiger partial charge in [0.25, 0.3) is 5.91 Å². The first kappa shape index (κ1) is 17.8. The fourth-order valence-corrected chi connectivity index (χ4v) is 2.85. The van der Waals surface area contributed by atoms with Crippen molar-refractivity contribution in [1.82, 2.24) is 15.0 Å². The summed E-state index contributed by atoms with van der Waals surface area (Å²) in [5, 5.41) is 6.43. The van der Waals surface area contributed by atoms with Gasteiger partial charge in [0.2, 0.25) is 5.95 Å². The van der Waals surface area contributed by atoms with Crippen molar-refractivity contribution in [2.24, 2.45) is 0 Å². The van der Waals surface area contributed by atoms with E-state index in [2.05, 4.69) is 25.6 Å². The van der Waals surface area contributed by atoms with Gasteiger partial charge in [-0.1, -0.05) is 17.7 Å². The first-order chi connectivity index (χ1) is 12.5. The predicted octanol–water partition coefficient (Wildman–Crippen LogP) is 4.01. The highest BCUT2D eigenvalue weighted by molar-refractivity contribution is 6.34. The van der Waals surface area contributed by atoms with Crippen LogP contribution in [0.1, 0.15) is 27.0 Å². The van der Waals surface area contributed by atoms with Crippen LogP contribution in [-0.4, -0.2) is 20.9 Å². The van der Waals surface area contributed by atoms with Crippen LogP contribution in [0, 0.1) is 13.8 Å². The highest BCUT2D eigenvalue weighted by Gasteiger charge is 2.12. The Morgan fingerprint density at radius 1 is 1.12 bits per heavy atom. The molecule has 7 heteroatoms. The van der Waals surface area contributed by atoms with Crippen LogP contribution < -0.4 is 10.6 Å². The van der Waals surface area contributed by atoms with E-state index >= 15 is 0 Å². The van der Waals surface area contributed by atoms with Gasteiger partial charge in [0.15, 0.2) is 0 Å².